The van der Waals surface area contributed by atoms with Crippen LogP contribution in [0.2, 0.25) is 0 Å². The molecule has 2 heteroatoms. The summed E-state index contributed by atoms with van der Waals surface area (Å²) in [6.07, 6.45) is 4.07. The first-order valence-corrected chi connectivity index (χ1v) is 6.02. The predicted octanol–water partition coefficient (Wildman–Crippen LogP) is 1.42. The van der Waals surface area contributed by atoms with Crippen LogP contribution in [0.5, 0.6) is 0 Å². The number of nitrogens with two attached hydrogens (primary N) is 2. The highest BCUT2D eigenvalue weighted by Gasteiger charge is 1.92. The molecule has 0 atom stereocenters. The average molecular weight is 218 g/mol. The quantitative estimate of drug-likeness (QED) is 0.803. The third-order valence-electron chi connectivity index (χ3n) is 2.67. The molecule has 88 valence electrons. The fourth-order valence-electron chi connectivity index (χ4n) is 1.73. The maximum Gasteiger partial charge on any atom is 0.0154 e. The molecule has 16 heavy (non-hydrogen) atoms. The summed E-state index contributed by atoms with van der Waals surface area (Å²) in [4.78, 5) is 0. The van der Waals surface area contributed by atoms with E-state index in [0.717, 1.165) is 47.5 Å². The molecule has 0 aliphatic heterocycles. The van der Waals surface area contributed by atoms with Gasteiger partial charge in [0, 0.05) is 11.4 Å². The zero-order valence-electron chi connectivity index (χ0n) is 10.3. The van der Waals surface area contributed by atoms with Crippen molar-refractivity contribution >= 4 is 11.4 Å². The van der Waals surface area contributed by atoms with Crippen LogP contribution in [0.1, 0.15) is 39.5 Å². The molecule has 2 nitrogen and oxygen atoms in total. The predicted molar refractivity (Wildman–Crippen MR) is 70.7 cm³/mol. The molecule has 1 aromatic rings. The monoisotopic (exact) mass is 218 g/mol. The van der Waals surface area contributed by atoms with E-state index in [-0.39, 0.29) is 0 Å². The van der Waals surface area contributed by atoms with E-state index in [1.165, 1.54) is 0 Å². The van der Waals surface area contributed by atoms with Gasteiger partial charge in [-0.05, 0) is 23.3 Å². The molecule has 0 aliphatic rings. The Balaban J connectivity index is 3.08. The van der Waals surface area contributed by atoms with Crippen LogP contribution < -0.4 is 21.9 Å². The van der Waals surface area contributed by atoms with E-state index in [9.17, 15) is 0 Å². The zero-order valence-corrected chi connectivity index (χ0v) is 10.3. The van der Waals surface area contributed by atoms with E-state index in [2.05, 4.69) is 38.1 Å². The summed E-state index contributed by atoms with van der Waals surface area (Å²) in [5.41, 5.74) is 13.9. The van der Waals surface area contributed by atoms with Gasteiger partial charge >= 0.3 is 0 Å². The second-order valence-electron chi connectivity index (χ2n) is 4.13. The highest BCUT2D eigenvalue weighted by atomic mass is 14.6. The second-order valence-corrected chi connectivity index (χ2v) is 4.13. The van der Waals surface area contributed by atoms with Crippen LogP contribution in [0, 0.1) is 0 Å². The van der Waals surface area contributed by atoms with E-state index in [0.29, 0.717) is 0 Å². The van der Waals surface area contributed by atoms with Crippen LogP contribution in [-0.4, -0.2) is 0 Å². The van der Waals surface area contributed by atoms with E-state index in [1.807, 2.05) is 0 Å². The lowest BCUT2D eigenvalue weighted by Gasteiger charge is -2.00. The van der Waals surface area contributed by atoms with Crippen molar-refractivity contribution in [2.75, 3.05) is 0 Å². The van der Waals surface area contributed by atoms with Gasteiger partial charge in [0.1, 0.15) is 0 Å². The Kier molecular flexibility index (Phi) is 4.90. The van der Waals surface area contributed by atoms with Gasteiger partial charge in [-0.15, -0.1) is 0 Å². The SMILES string of the molecule is CCCC(N)=c1ccc(=C(N)CCC)cc1. The summed E-state index contributed by atoms with van der Waals surface area (Å²) in [5, 5.41) is 2.24. The van der Waals surface area contributed by atoms with E-state index in [4.69, 9.17) is 11.5 Å². The lowest BCUT2D eigenvalue weighted by molar-refractivity contribution is 0.952. The topological polar surface area (TPSA) is 52.0 Å². The van der Waals surface area contributed by atoms with Crippen molar-refractivity contribution in [2.45, 2.75) is 39.5 Å². The summed E-state index contributed by atoms with van der Waals surface area (Å²) in [6.45, 7) is 4.27. The molecule has 1 aromatic carbocycles. The maximum absolute atomic E-state index is 5.97. The van der Waals surface area contributed by atoms with E-state index < -0.39 is 0 Å². The first kappa shape index (κ1) is 12.6. The fourth-order valence-corrected chi connectivity index (χ4v) is 1.73. The van der Waals surface area contributed by atoms with Crippen molar-refractivity contribution < 1.29 is 0 Å². The maximum atomic E-state index is 5.97. The summed E-state index contributed by atoms with van der Waals surface area (Å²) in [7, 11) is 0. The third kappa shape index (κ3) is 3.30. The fraction of sp³-hybridized carbons (Fsp3) is 0.429. The van der Waals surface area contributed by atoms with Gasteiger partial charge < -0.3 is 11.5 Å². The molecular weight excluding hydrogens is 196 g/mol. The molecule has 0 radical (unpaired) electrons. The van der Waals surface area contributed by atoms with Crippen LogP contribution in [0.3, 0.4) is 0 Å². The largest absolute Gasteiger partial charge is 0.402 e. The normalized spacial score (nSPS) is 10.1. The van der Waals surface area contributed by atoms with Gasteiger partial charge in [-0.1, -0.05) is 51.0 Å². The minimum absolute atomic E-state index is 0.952. The minimum atomic E-state index is 0.952. The molecule has 1 rings (SSSR count). The van der Waals surface area contributed by atoms with Crippen LogP contribution in [0.15, 0.2) is 24.3 Å². The van der Waals surface area contributed by atoms with Crippen LogP contribution in [0.25, 0.3) is 11.4 Å². The molecule has 0 fully saturated rings. The number of hydrogen-bond donors (Lipinski definition) is 2. The van der Waals surface area contributed by atoms with Gasteiger partial charge in [0.15, 0.2) is 0 Å². The Morgan fingerprint density at radius 3 is 1.38 bits per heavy atom. The van der Waals surface area contributed by atoms with E-state index in [1.54, 1.807) is 0 Å². The first-order valence-electron chi connectivity index (χ1n) is 6.02. The molecule has 0 unspecified atom stereocenters. The van der Waals surface area contributed by atoms with Crippen molar-refractivity contribution in [1.29, 1.82) is 0 Å². The van der Waals surface area contributed by atoms with Crippen LogP contribution >= 0.6 is 0 Å². The Morgan fingerprint density at radius 1 is 0.812 bits per heavy atom. The van der Waals surface area contributed by atoms with Crippen LogP contribution in [0.4, 0.5) is 0 Å². The molecule has 0 aliphatic carbocycles. The van der Waals surface area contributed by atoms with Gasteiger partial charge in [0.2, 0.25) is 0 Å². The lowest BCUT2D eigenvalue weighted by Crippen LogP contribution is -2.18. The molecule has 0 aromatic heterocycles. The Hall–Kier alpha value is -1.44. The Bertz CT molecular complexity index is 380. The second kappa shape index (κ2) is 6.21. The molecule has 0 amide bonds. The minimum Gasteiger partial charge on any atom is -0.402 e. The lowest BCUT2D eigenvalue weighted by atomic mass is 10.1. The Morgan fingerprint density at radius 2 is 1.12 bits per heavy atom. The summed E-state index contributed by atoms with van der Waals surface area (Å²) in [6, 6.07) is 8.23. The van der Waals surface area contributed by atoms with E-state index >= 15 is 0 Å². The van der Waals surface area contributed by atoms with Crippen molar-refractivity contribution in [3.8, 4) is 0 Å². The van der Waals surface area contributed by atoms with Crippen LogP contribution in [-0.2, 0) is 0 Å². The van der Waals surface area contributed by atoms with Crippen molar-refractivity contribution in [2.24, 2.45) is 11.5 Å². The molecule has 0 saturated carbocycles. The molecule has 0 bridgehead atoms. The molecule has 0 saturated heterocycles. The molecule has 4 N–H and O–H groups in total. The number of rotatable bonds is 4. The molecule has 0 spiro atoms. The first-order chi connectivity index (χ1) is 7.69. The smallest absolute Gasteiger partial charge is 0.0154 e. The molecular formula is C14H22N2. The zero-order chi connectivity index (χ0) is 12.0. The Labute approximate surface area is 97.7 Å². The van der Waals surface area contributed by atoms with Crippen molar-refractivity contribution in [3.63, 3.8) is 0 Å². The van der Waals surface area contributed by atoms with Crippen molar-refractivity contribution in [3.05, 3.63) is 34.7 Å². The van der Waals surface area contributed by atoms with Gasteiger partial charge in [0.25, 0.3) is 0 Å². The van der Waals surface area contributed by atoms with Gasteiger partial charge in [-0.3, -0.25) is 0 Å². The summed E-state index contributed by atoms with van der Waals surface area (Å²) >= 11 is 0. The molecule has 0 heterocycles. The number of benzene rings is 1. The summed E-state index contributed by atoms with van der Waals surface area (Å²) < 4.78 is 0. The highest BCUT2D eigenvalue weighted by Crippen LogP contribution is 1.96. The standard InChI is InChI=1S/C14H22N2/c1-3-5-13(15)11-7-9-12(10-8-11)14(16)6-4-2/h7-10H,3-6,15-16H2,1-2H3. The number of hydrogen-bond acceptors (Lipinski definition) is 2. The van der Waals surface area contributed by atoms with Gasteiger partial charge in [-0.2, -0.15) is 0 Å². The van der Waals surface area contributed by atoms with Crippen molar-refractivity contribution in [1.82, 2.24) is 0 Å². The third-order valence-corrected chi connectivity index (χ3v) is 2.67. The van der Waals surface area contributed by atoms with Gasteiger partial charge in [0.05, 0.1) is 0 Å². The van der Waals surface area contributed by atoms with Gasteiger partial charge in [-0.25, -0.2) is 0 Å². The average Bonchev–Trinajstić information content (AvgIpc) is 2.30. The highest BCUT2D eigenvalue weighted by molar-refractivity contribution is 5.43. The summed E-state index contributed by atoms with van der Waals surface area (Å²) in [5.74, 6) is 0.